The third-order valence-electron chi connectivity index (χ3n) is 9.93. The topological polar surface area (TPSA) is 440 Å². The van der Waals surface area contributed by atoms with E-state index in [0.717, 1.165) is 0 Å². The van der Waals surface area contributed by atoms with Crippen LogP contribution in [0.3, 0.4) is 0 Å². The molecule has 0 aromatic carbocycles. The Kier molecular flexibility index (Phi) is 19.5. The second kappa shape index (κ2) is 21.8. The summed E-state index contributed by atoms with van der Waals surface area (Å²) in [4.78, 5) is 130. The van der Waals surface area contributed by atoms with Crippen LogP contribution in [0.5, 0.6) is 0 Å². The van der Waals surface area contributed by atoms with Crippen molar-refractivity contribution in [2.75, 3.05) is 19.6 Å². The van der Waals surface area contributed by atoms with Crippen LogP contribution in [0, 0.1) is 22.2 Å². The first kappa shape index (κ1) is 51.9. The van der Waals surface area contributed by atoms with Crippen LogP contribution < -0.4 is 16.0 Å². The zero-order valence-electron chi connectivity index (χ0n) is 30.2. The molecule has 4 fully saturated rings. The first-order valence-electron chi connectivity index (χ1n) is 16.9. The molecule has 4 rings (SSSR count). The summed E-state index contributed by atoms with van der Waals surface area (Å²) in [7, 11) is -20.1. The molecule has 334 valence electrons. The van der Waals surface area contributed by atoms with E-state index in [2.05, 4.69) is 43.1 Å². The summed E-state index contributed by atoms with van der Waals surface area (Å²) in [6.45, 7) is -2.88. The van der Waals surface area contributed by atoms with Crippen LogP contribution in [0.1, 0.15) is 77.0 Å². The molecular weight excluding hydrogens is 912 g/mol. The predicted octanol–water partition coefficient (Wildman–Crippen LogP) is -1.18. The van der Waals surface area contributed by atoms with Crippen LogP contribution in [0.25, 0.3) is 0 Å². The highest BCUT2D eigenvalue weighted by atomic mass is 31.2. The zero-order chi connectivity index (χ0) is 43.7. The van der Waals surface area contributed by atoms with E-state index in [1.54, 1.807) is 0 Å². The van der Waals surface area contributed by atoms with E-state index < -0.39 is 122 Å². The summed E-state index contributed by atoms with van der Waals surface area (Å²) in [6, 6.07) is 0. The molecule has 27 nitrogen and oxygen atoms in total. The third kappa shape index (κ3) is 17.0. The molecular formula is C25H47N3O24P6+2. The maximum Gasteiger partial charge on any atom is 0.700 e. The molecule has 0 aromatic heterocycles. The minimum absolute atomic E-state index is 0.0428. The lowest BCUT2D eigenvalue weighted by Crippen LogP contribution is -2.57. The van der Waals surface area contributed by atoms with Gasteiger partial charge in [0.15, 0.2) is 0 Å². The van der Waals surface area contributed by atoms with E-state index in [1.165, 1.54) is 0 Å². The molecule has 6 unspecified atom stereocenters. The molecule has 16 N–H and O–H groups in total. The SMILES string of the molecule is O=C(CCC12CC3CC(CCC(=O)NCC(O)(OP(O)O)O[P+](=O)O)(C1)CC(CCC(=O)NCC(O)(OP(O)O)O[P+](=O)O)(C3)C2)NCC(O)(OP(O)O)OP(O)O. The minimum atomic E-state index is -3.51. The number of amides is 3. The molecule has 4 saturated carbocycles. The molecule has 0 aliphatic heterocycles. The molecule has 58 heavy (non-hydrogen) atoms. The number of nitrogens with one attached hydrogen (secondary N) is 3. The first-order chi connectivity index (χ1) is 26.7. The molecule has 4 bridgehead atoms. The van der Waals surface area contributed by atoms with E-state index in [-0.39, 0.29) is 44.4 Å². The van der Waals surface area contributed by atoms with E-state index in [1.807, 2.05) is 0 Å². The predicted molar refractivity (Wildman–Crippen MR) is 192 cm³/mol. The molecule has 0 heterocycles. The number of carbonyl (C=O) groups excluding carboxylic acids is 3. The summed E-state index contributed by atoms with van der Waals surface area (Å²) in [6.07, 6.45) is 3.67. The van der Waals surface area contributed by atoms with Crippen molar-refractivity contribution >= 4 is 68.6 Å². The molecule has 33 heteroatoms. The Morgan fingerprint density at radius 1 is 0.534 bits per heavy atom. The molecule has 4 aliphatic rings. The highest BCUT2D eigenvalue weighted by molar-refractivity contribution is 7.40. The van der Waals surface area contributed by atoms with Gasteiger partial charge >= 0.3 is 68.8 Å². The van der Waals surface area contributed by atoms with Crippen molar-refractivity contribution in [1.29, 1.82) is 0 Å². The Morgan fingerprint density at radius 3 is 1.05 bits per heavy atom. The largest absolute Gasteiger partial charge is 0.700 e. The molecule has 3 amide bonds. The van der Waals surface area contributed by atoms with Crippen LogP contribution >= 0.6 is 50.9 Å². The lowest BCUT2D eigenvalue weighted by Gasteiger charge is -2.67. The Hall–Kier alpha value is -0.430. The zero-order valence-corrected chi connectivity index (χ0v) is 35.5. The van der Waals surface area contributed by atoms with Gasteiger partial charge in [-0.3, -0.25) is 23.4 Å². The van der Waals surface area contributed by atoms with Crippen molar-refractivity contribution in [1.82, 2.24) is 16.0 Å². The Bertz CT molecular complexity index is 1390. The summed E-state index contributed by atoms with van der Waals surface area (Å²) in [5, 5.41) is 37.7. The fourth-order valence-corrected chi connectivity index (χ4v) is 11.2. The van der Waals surface area contributed by atoms with E-state index >= 15 is 0 Å². The lowest BCUT2D eigenvalue weighted by molar-refractivity contribution is -0.273. The van der Waals surface area contributed by atoms with Gasteiger partial charge in [0.25, 0.3) is 0 Å². The van der Waals surface area contributed by atoms with Crippen molar-refractivity contribution in [2.45, 2.75) is 95.0 Å². The van der Waals surface area contributed by atoms with Gasteiger partial charge in [-0.2, -0.15) is 0 Å². The molecule has 0 spiro atoms. The quantitative estimate of drug-likeness (QED) is 0.0340. The molecule has 4 aliphatic carbocycles. The average molecular weight is 959 g/mol. The van der Waals surface area contributed by atoms with E-state index in [4.69, 9.17) is 48.9 Å². The van der Waals surface area contributed by atoms with Gasteiger partial charge in [-0.15, -0.1) is 9.79 Å². The molecule has 0 radical (unpaired) electrons. The maximum atomic E-state index is 13.0. The number of carbonyl (C=O) groups is 3. The molecule has 0 saturated heterocycles. The smallest absolute Gasteiger partial charge is 0.348 e. The fourth-order valence-electron chi connectivity index (χ4n) is 8.93. The van der Waals surface area contributed by atoms with Crippen molar-refractivity contribution < 1.29 is 115 Å². The Balaban J connectivity index is 1.77. The van der Waals surface area contributed by atoms with Gasteiger partial charge in [0.1, 0.15) is 19.6 Å². The van der Waals surface area contributed by atoms with E-state index in [0.29, 0.717) is 38.5 Å². The van der Waals surface area contributed by atoms with Crippen LogP contribution in [0.4, 0.5) is 0 Å². The van der Waals surface area contributed by atoms with Gasteiger partial charge < -0.3 is 70.4 Å². The van der Waals surface area contributed by atoms with Gasteiger partial charge in [0.2, 0.25) is 17.7 Å². The van der Waals surface area contributed by atoms with Crippen molar-refractivity contribution in [3.63, 3.8) is 0 Å². The second-order valence-electron chi connectivity index (χ2n) is 14.5. The average Bonchev–Trinajstić information content (AvgIpc) is 3.03. The van der Waals surface area contributed by atoms with Gasteiger partial charge in [-0.05, 0) is 89.0 Å². The van der Waals surface area contributed by atoms with Crippen LogP contribution in [0.2, 0.25) is 0 Å². The third-order valence-corrected chi connectivity index (χ3v) is 12.6. The summed E-state index contributed by atoms with van der Waals surface area (Å²) in [5.41, 5.74) is -1.66. The minimum Gasteiger partial charge on any atom is -0.348 e. The highest BCUT2D eigenvalue weighted by Gasteiger charge is 2.62. The monoisotopic (exact) mass is 959 g/mol. The fraction of sp³-hybridized carbons (Fsp3) is 0.880. The first-order valence-corrected chi connectivity index (χ1v) is 23.8. The number of hydrogen-bond donors (Lipinski definition) is 16. The van der Waals surface area contributed by atoms with Gasteiger partial charge in [0.05, 0.1) is 0 Å². The van der Waals surface area contributed by atoms with E-state index in [9.17, 15) is 38.8 Å². The Morgan fingerprint density at radius 2 is 0.793 bits per heavy atom. The summed E-state index contributed by atoms with van der Waals surface area (Å²) < 4.78 is 48.5. The normalized spacial score (nSPS) is 26.8. The number of aliphatic hydroxyl groups is 3. The van der Waals surface area contributed by atoms with Crippen molar-refractivity contribution in [3.05, 3.63) is 0 Å². The highest BCUT2D eigenvalue weighted by Crippen LogP contribution is 2.73. The molecule has 0 aromatic rings. The lowest BCUT2D eigenvalue weighted by atomic mass is 9.37. The van der Waals surface area contributed by atoms with Gasteiger partial charge in [-0.25, -0.2) is 9.05 Å². The van der Waals surface area contributed by atoms with Crippen molar-refractivity contribution in [3.8, 4) is 0 Å². The van der Waals surface area contributed by atoms with Crippen LogP contribution in [-0.4, -0.2) is 120 Å². The standard InChI is InChI=1S/C25H45N3O24P6/c29-17(26-13-23(32,47-53(35)36)48-54(37)38)1-4-20-7-16-8-21(10-20,5-2-18(30)27-14-24(33,49-55(39)40)50-56(41)42)12-22(9-16,11-20)6-3-19(31)28-15-25(34,51-57(43)44)52-58(45)46/h16,32-40,43-44H,1-15H2,(H3-2,26,27,28,29,30,31,41,42,45,46)/p+2. The number of hydrogen-bond acceptors (Lipinski definition) is 22. The van der Waals surface area contributed by atoms with Crippen molar-refractivity contribution in [2.24, 2.45) is 22.2 Å². The van der Waals surface area contributed by atoms with Gasteiger partial charge in [-0.1, -0.05) is 0 Å². The van der Waals surface area contributed by atoms with Crippen LogP contribution in [0.15, 0.2) is 0 Å². The Labute approximate surface area is 335 Å². The summed E-state index contributed by atoms with van der Waals surface area (Å²) in [5.74, 6) is -11.1. The number of rotatable bonds is 27. The van der Waals surface area contributed by atoms with Crippen LogP contribution in [-0.2, 0) is 50.7 Å². The molecule has 6 atom stereocenters. The van der Waals surface area contributed by atoms with Gasteiger partial charge in [0, 0.05) is 28.4 Å². The maximum absolute atomic E-state index is 13.0. The summed E-state index contributed by atoms with van der Waals surface area (Å²) >= 11 is 0. The second-order valence-corrected chi connectivity index (χ2v) is 18.6.